The van der Waals surface area contributed by atoms with Gasteiger partial charge in [0.2, 0.25) is 0 Å². The molecule has 0 unspecified atom stereocenters. The fraction of sp³-hybridized carbons (Fsp3) is 0.650. The highest BCUT2D eigenvalue weighted by Gasteiger charge is 2.24. The van der Waals surface area contributed by atoms with Crippen molar-refractivity contribution in [3.05, 3.63) is 23.9 Å². The Balaban J connectivity index is 1.43. The van der Waals surface area contributed by atoms with Gasteiger partial charge in [0.05, 0.1) is 0 Å². The fourth-order valence-corrected chi connectivity index (χ4v) is 3.62. The summed E-state index contributed by atoms with van der Waals surface area (Å²) in [6, 6.07) is 3.98. The quantitative estimate of drug-likeness (QED) is 0.857. The maximum atomic E-state index is 12.4. The molecule has 2 aliphatic heterocycles. The normalized spacial score (nSPS) is 18.2. The van der Waals surface area contributed by atoms with E-state index in [9.17, 15) is 9.59 Å². The van der Waals surface area contributed by atoms with Crippen LogP contribution >= 0.6 is 0 Å². The van der Waals surface area contributed by atoms with Crippen molar-refractivity contribution in [3.63, 3.8) is 0 Å². The van der Waals surface area contributed by atoms with Gasteiger partial charge in [-0.2, -0.15) is 0 Å². The van der Waals surface area contributed by atoms with Crippen molar-refractivity contribution in [3.8, 4) is 0 Å². The van der Waals surface area contributed by atoms with E-state index in [-0.39, 0.29) is 12.1 Å². The van der Waals surface area contributed by atoms with Gasteiger partial charge < -0.3 is 24.9 Å². The molecule has 0 atom stereocenters. The number of nitrogens with zero attached hydrogens (tertiary/aromatic N) is 5. The molecule has 0 aliphatic carbocycles. The van der Waals surface area contributed by atoms with Gasteiger partial charge in [-0.15, -0.1) is 0 Å². The first-order valence-electron chi connectivity index (χ1n) is 10.1. The molecular formula is C20H32N6O2. The third-order valence-electron chi connectivity index (χ3n) is 5.58. The molecule has 1 N–H and O–H groups in total. The van der Waals surface area contributed by atoms with Crippen molar-refractivity contribution >= 4 is 17.9 Å². The molecule has 0 spiro atoms. The zero-order valence-corrected chi connectivity index (χ0v) is 17.2. The standard InChI is InChI=1S/C20H32N6O2/c1-16-6-8-24(9-7-16)18-5-4-17(14-21-18)15-22-19(27)25-10-12-26(13-11-25)20(28)23(2)3/h4-5,14,16H,6-13,15H2,1-3H3,(H,22,27). The summed E-state index contributed by atoms with van der Waals surface area (Å²) in [6.07, 6.45) is 4.28. The van der Waals surface area contributed by atoms with E-state index in [1.807, 2.05) is 18.3 Å². The molecular weight excluding hydrogens is 356 g/mol. The van der Waals surface area contributed by atoms with Gasteiger partial charge in [-0.05, 0) is 30.4 Å². The summed E-state index contributed by atoms with van der Waals surface area (Å²) in [6.45, 7) is 7.12. The van der Waals surface area contributed by atoms with E-state index in [0.717, 1.165) is 30.4 Å². The number of nitrogens with one attached hydrogen (secondary N) is 1. The number of carbonyl (C=O) groups excluding carboxylic acids is 2. The first-order chi connectivity index (χ1) is 13.4. The van der Waals surface area contributed by atoms with E-state index in [1.54, 1.807) is 28.8 Å². The Kier molecular flexibility index (Phi) is 6.59. The van der Waals surface area contributed by atoms with Crippen molar-refractivity contribution in [2.45, 2.75) is 26.3 Å². The van der Waals surface area contributed by atoms with Crippen LogP contribution in [0.2, 0.25) is 0 Å². The number of piperidine rings is 1. The summed E-state index contributed by atoms with van der Waals surface area (Å²) in [4.78, 5) is 36.4. The first-order valence-corrected chi connectivity index (χ1v) is 10.1. The Labute approximate surface area is 167 Å². The molecule has 0 radical (unpaired) electrons. The minimum atomic E-state index is -0.0916. The predicted molar refractivity (Wildman–Crippen MR) is 109 cm³/mol. The molecule has 8 heteroatoms. The summed E-state index contributed by atoms with van der Waals surface area (Å²) in [5, 5.41) is 2.96. The smallest absolute Gasteiger partial charge is 0.319 e. The Morgan fingerprint density at radius 2 is 1.71 bits per heavy atom. The number of hydrogen-bond donors (Lipinski definition) is 1. The zero-order valence-electron chi connectivity index (χ0n) is 17.2. The van der Waals surface area contributed by atoms with Crippen LogP contribution in [0.15, 0.2) is 18.3 Å². The average molecular weight is 389 g/mol. The largest absolute Gasteiger partial charge is 0.357 e. The van der Waals surface area contributed by atoms with Crippen LogP contribution < -0.4 is 10.2 Å². The molecule has 8 nitrogen and oxygen atoms in total. The average Bonchev–Trinajstić information content (AvgIpc) is 2.72. The topological polar surface area (TPSA) is 72.0 Å². The number of anilines is 1. The van der Waals surface area contributed by atoms with Crippen molar-refractivity contribution in [1.82, 2.24) is 25.0 Å². The number of piperazine rings is 1. The van der Waals surface area contributed by atoms with Crippen molar-refractivity contribution in [1.29, 1.82) is 0 Å². The fourth-order valence-electron chi connectivity index (χ4n) is 3.62. The molecule has 1 aromatic rings. The van der Waals surface area contributed by atoms with E-state index in [2.05, 4.69) is 22.1 Å². The predicted octanol–water partition coefficient (Wildman–Crippen LogP) is 1.83. The Hall–Kier alpha value is -2.51. The van der Waals surface area contributed by atoms with Crippen molar-refractivity contribution in [2.75, 3.05) is 58.3 Å². The van der Waals surface area contributed by atoms with Crippen LogP contribution in [-0.2, 0) is 6.54 Å². The second-order valence-electron chi connectivity index (χ2n) is 8.00. The Morgan fingerprint density at radius 1 is 1.07 bits per heavy atom. The maximum absolute atomic E-state index is 12.4. The number of urea groups is 2. The minimum absolute atomic E-state index is 0.00520. The van der Waals surface area contributed by atoms with E-state index in [0.29, 0.717) is 32.7 Å². The molecule has 0 aromatic carbocycles. The first kappa shape index (κ1) is 20.2. The second kappa shape index (κ2) is 9.12. The van der Waals surface area contributed by atoms with Crippen LogP contribution in [0.5, 0.6) is 0 Å². The summed E-state index contributed by atoms with van der Waals surface area (Å²) in [5.41, 5.74) is 0.990. The van der Waals surface area contributed by atoms with Crippen LogP contribution in [0, 0.1) is 5.92 Å². The number of aromatic nitrogens is 1. The van der Waals surface area contributed by atoms with Gasteiger partial charge in [-0.3, -0.25) is 0 Å². The molecule has 2 saturated heterocycles. The monoisotopic (exact) mass is 388 g/mol. The van der Waals surface area contributed by atoms with Gasteiger partial charge in [0.15, 0.2) is 0 Å². The molecule has 2 aliphatic rings. The van der Waals surface area contributed by atoms with Gasteiger partial charge in [0, 0.05) is 66.1 Å². The lowest BCUT2D eigenvalue weighted by Crippen LogP contribution is -2.54. The summed E-state index contributed by atoms with van der Waals surface area (Å²) >= 11 is 0. The Bertz CT molecular complexity index is 662. The summed E-state index contributed by atoms with van der Waals surface area (Å²) in [5.74, 6) is 1.82. The summed E-state index contributed by atoms with van der Waals surface area (Å²) < 4.78 is 0. The van der Waals surface area contributed by atoms with Gasteiger partial charge in [0.25, 0.3) is 0 Å². The van der Waals surface area contributed by atoms with E-state index in [4.69, 9.17) is 0 Å². The molecule has 0 saturated carbocycles. The zero-order chi connectivity index (χ0) is 20.1. The van der Waals surface area contributed by atoms with Crippen LogP contribution in [0.3, 0.4) is 0 Å². The van der Waals surface area contributed by atoms with E-state index >= 15 is 0 Å². The van der Waals surface area contributed by atoms with Crippen molar-refractivity contribution in [2.24, 2.45) is 5.92 Å². The maximum Gasteiger partial charge on any atom is 0.319 e. The highest BCUT2D eigenvalue weighted by Crippen LogP contribution is 2.21. The second-order valence-corrected chi connectivity index (χ2v) is 8.00. The molecule has 0 bridgehead atoms. The molecule has 3 rings (SSSR count). The number of amides is 4. The third-order valence-corrected chi connectivity index (χ3v) is 5.58. The number of pyridine rings is 1. The van der Waals surface area contributed by atoms with Gasteiger partial charge in [0.1, 0.15) is 5.82 Å². The number of carbonyl (C=O) groups is 2. The summed E-state index contributed by atoms with van der Waals surface area (Å²) in [7, 11) is 3.49. The van der Waals surface area contributed by atoms with Gasteiger partial charge in [-0.1, -0.05) is 13.0 Å². The lowest BCUT2D eigenvalue weighted by atomic mass is 9.99. The number of hydrogen-bond acceptors (Lipinski definition) is 4. The van der Waals surface area contributed by atoms with Crippen LogP contribution in [0.4, 0.5) is 15.4 Å². The van der Waals surface area contributed by atoms with Crippen molar-refractivity contribution < 1.29 is 9.59 Å². The molecule has 4 amide bonds. The highest BCUT2D eigenvalue weighted by atomic mass is 16.2. The molecule has 2 fully saturated rings. The minimum Gasteiger partial charge on any atom is -0.357 e. The van der Waals surface area contributed by atoms with Gasteiger partial charge in [-0.25, -0.2) is 14.6 Å². The molecule has 3 heterocycles. The SMILES string of the molecule is CC1CCN(c2ccc(CNC(=O)N3CCN(C(=O)N(C)C)CC3)cn2)CC1. The molecule has 28 heavy (non-hydrogen) atoms. The lowest BCUT2D eigenvalue weighted by Gasteiger charge is -2.35. The van der Waals surface area contributed by atoms with E-state index in [1.165, 1.54) is 12.8 Å². The van der Waals surface area contributed by atoms with Crippen LogP contribution in [0.25, 0.3) is 0 Å². The number of rotatable bonds is 3. The van der Waals surface area contributed by atoms with E-state index < -0.39 is 0 Å². The third kappa shape index (κ3) is 5.05. The highest BCUT2D eigenvalue weighted by molar-refractivity contribution is 5.76. The lowest BCUT2D eigenvalue weighted by molar-refractivity contribution is 0.128. The van der Waals surface area contributed by atoms with Crippen LogP contribution in [-0.4, -0.2) is 85.1 Å². The Morgan fingerprint density at radius 3 is 2.29 bits per heavy atom. The molecule has 1 aromatic heterocycles. The van der Waals surface area contributed by atoms with Crippen LogP contribution in [0.1, 0.15) is 25.3 Å². The molecule has 154 valence electrons. The van der Waals surface area contributed by atoms with Gasteiger partial charge >= 0.3 is 12.1 Å².